The highest BCUT2D eigenvalue weighted by Crippen LogP contribution is 2.30. The largest absolute Gasteiger partial charge is 0.508 e. The van der Waals surface area contributed by atoms with E-state index in [1.54, 1.807) is 18.2 Å². The number of nitrogens with two attached hydrogens (primary N) is 1. The van der Waals surface area contributed by atoms with Crippen LogP contribution in [0.2, 0.25) is 0 Å². The molecule has 21 heavy (non-hydrogen) atoms. The molecule has 1 saturated heterocycles. The van der Waals surface area contributed by atoms with E-state index in [4.69, 9.17) is 5.73 Å². The van der Waals surface area contributed by atoms with Crippen LogP contribution in [0.3, 0.4) is 0 Å². The Labute approximate surface area is 124 Å². The molecule has 1 aliphatic rings. The standard InChI is InChI=1S/C15H21N5O/c1-15(9-16)6-3-7-20(10-15)14-17-13(18-19-14)11-4-2-5-12(21)8-11/h2,4-5,8,21H,3,6-7,9-10,16H2,1H3,(H,17,18,19). The van der Waals surface area contributed by atoms with E-state index in [2.05, 4.69) is 27.0 Å². The SMILES string of the molecule is CC1(CN)CCCN(c2n[nH]c(-c3cccc(O)c3)n2)C1. The molecule has 0 spiro atoms. The highest BCUT2D eigenvalue weighted by atomic mass is 16.3. The van der Waals surface area contributed by atoms with Crippen LogP contribution in [-0.4, -0.2) is 39.9 Å². The number of hydrogen-bond donors (Lipinski definition) is 3. The third-order valence-electron chi connectivity index (χ3n) is 4.15. The second-order valence-corrected chi connectivity index (χ2v) is 6.07. The summed E-state index contributed by atoms with van der Waals surface area (Å²) < 4.78 is 0. The molecule has 2 heterocycles. The van der Waals surface area contributed by atoms with Crippen LogP contribution < -0.4 is 10.6 Å². The van der Waals surface area contributed by atoms with Crippen LogP contribution in [0.15, 0.2) is 24.3 Å². The minimum Gasteiger partial charge on any atom is -0.508 e. The lowest BCUT2D eigenvalue weighted by Gasteiger charge is -2.39. The molecule has 0 amide bonds. The highest BCUT2D eigenvalue weighted by molar-refractivity contribution is 5.58. The van der Waals surface area contributed by atoms with E-state index in [0.29, 0.717) is 18.3 Å². The number of benzene rings is 1. The maximum Gasteiger partial charge on any atom is 0.245 e. The van der Waals surface area contributed by atoms with E-state index in [1.807, 2.05) is 6.07 Å². The minimum absolute atomic E-state index is 0.129. The van der Waals surface area contributed by atoms with Crippen LogP contribution in [-0.2, 0) is 0 Å². The average Bonchev–Trinajstić information content (AvgIpc) is 2.97. The first-order valence-corrected chi connectivity index (χ1v) is 7.26. The Morgan fingerprint density at radius 1 is 1.48 bits per heavy atom. The van der Waals surface area contributed by atoms with Crippen molar-refractivity contribution in [3.63, 3.8) is 0 Å². The molecule has 0 bridgehead atoms. The van der Waals surface area contributed by atoms with Gasteiger partial charge in [0.25, 0.3) is 0 Å². The van der Waals surface area contributed by atoms with Gasteiger partial charge in [-0.25, -0.2) is 0 Å². The number of H-pyrrole nitrogens is 1. The van der Waals surface area contributed by atoms with Crippen molar-refractivity contribution in [3.05, 3.63) is 24.3 Å². The number of aromatic amines is 1. The van der Waals surface area contributed by atoms with Gasteiger partial charge in [-0.15, -0.1) is 5.10 Å². The number of anilines is 1. The quantitative estimate of drug-likeness (QED) is 0.800. The average molecular weight is 287 g/mol. The van der Waals surface area contributed by atoms with Crippen LogP contribution in [0, 0.1) is 5.41 Å². The Balaban J connectivity index is 1.82. The molecule has 6 nitrogen and oxygen atoms in total. The van der Waals surface area contributed by atoms with Gasteiger partial charge in [-0.1, -0.05) is 19.1 Å². The second-order valence-electron chi connectivity index (χ2n) is 6.07. The summed E-state index contributed by atoms with van der Waals surface area (Å²) in [5.74, 6) is 1.59. The molecule has 112 valence electrons. The summed E-state index contributed by atoms with van der Waals surface area (Å²) in [6.07, 6.45) is 2.24. The zero-order valence-corrected chi connectivity index (χ0v) is 12.2. The molecule has 1 fully saturated rings. The van der Waals surface area contributed by atoms with Crippen molar-refractivity contribution in [2.24, 2.45) is 11.1 Å². The number of aromatic hydroxyl groups is 1. The molecule has 0 aliphatic carbocycles. The Kier molecular flexibility index (Phi) is 3.55. The summed E-state index contributed by atoms with van der Waals surface area (Å²) in [6, 6.07) is 6.99. The first-order chi connectivity index (χ1) is 10.1. The van der Waals surface area contributed by atoms with Gasteiger partial charge in [-0.2, -0.15) is 4.98 Å². The summed E-state index contributed by atoms with van der Waals surface area (Å²) in [7, 11) is 0. The summed E-state index contributed by atoms with van der Waals surface area (Å²) in [6.45, 7) is 4.71. The van der Waals surface area contributed by atoms with Crippen molar-refractivity contribution in [2.45, 2.75) is 19.8 Å². The van der Waals surface area contributed by atoms with E-state index in [0.717, 1.165) is 31.5 Å². The summed E-state index contributed by atoms with van der Waals surface area (Å²) >= 11 is 0. The Morgan fingerprint density at radius 3 is 3.10 bits per heavy atom. The number of rotatable bonds is 3. The predicted molar refractivity (Wildman–Crippen MR) is 82.1 cm³/mol. The van der Waals surface area contributed by atoms with E-state index in [1.165, 1.54) is 0 Å². The molecule has 1 unspecified atom stereocenters. The fourth-order valence-electron chi connectivity index (χ4n) is 2.83. The van der Waals surface area contributed by atoms with Gasteiger partial charge >= 0.3 is 0 Å². The molecule has 1 aromatic carbocycles. The number of hydrogen-bond acceptors (Lipinski definition) is 5. The first-order valence-electron chi connectivity index (χ1n) is 7.26. The molecule has 1 aromatic heterocycles. The van der Waals surface area contributed by atoms with Gasteiger partial charge in [0.1, 0.15) is 5.75 Å². The van der Waals surface area contributed by atoms with Crippen LogP contribution in [0.1, 0.15) is 19.8 Å². The van der Waals surface area contributed by atoms with Crippen LogP contribution in [0.25, 0.3) is 11.4 Å². The Morgan fingerprint density at radius 2 is 2.33 bits per heavy atom. The number of aromatic nitrogens is 3. The van der Waals surface area contributed by atoms with Crippen LogP contribution in [0.4, 0.5) is 5.95 Å². The smallest absolute Gasteiger partial charge is 0.245 e. The molecule has 1 aliphatic heterocycles. The monoisotopic (exact) mass is 287 g/mol. The Bertz CT molecular complexity index is 626. The van der Waals surface area contributed by atoms with Gasteiger partial charge in [-0.05, 0) is 36.9 Å². The molecule has 2 aromatic rings. The molecule has 3 rings (SSSR count). The zero-order chi connectivity index (χ0) is 14.9. The van der Waals surface area contributed by atoms with Crippen molar-refractivity contribution in [1.29, 1.82) is 0 Å². The number of phenolic OH excluding ortho intramolecular Hbond substituents is 1. The first kappa shape index (κ1) is 13.9. The van der Waals surface area contributed by atoms with Crippen LogP contribution in [0.5, 0.6) is 5.75 Å². The third kappa shape index (κ3) is 2.85. The van der Waals surface area contributed by atoms with Gasteiger partial charge < -0.3 is 15.7 Å². The van der Waals surface area contributed by atoms with Crippen molar-refractivity contribution in [1.82, 2.24) is 15.2 Å². The van der Waals surface area contributed by atoms with E-state index >= 15 is 0 Å². The second kappa shape index (κ2) is 5.37. The summed E-state index contributed by atoms with van der Waals surface area (Å²) in [4.78, 5) is 6.73. The van der Waals surface area contributed by atoms with E-state index in [9.17, 15) is 5.11 Å². The number of phenols is 1. The molecule has 1 atom stereocenters. The van der Waals surface area contributed by atoms with Crippen molar-refractivity contribution in [2.75, 3.05) is 24.5 Å². The lowest BCUT2D eigenvalue weighted by molar-refractivity contribution is 0.270. The summed E-state index contributed by atoms with van der Waals surface area (Å²) in [5.41, 5.74) is 6.84. The lowest BCUT2D eigenvalue weighted by atomic mass is 9.82. The molecule has 4 N–H and O–H groups in total. The van der Waals surface area contributed by atoms with E-state index < -0.39 is 0 Å². The van der Waals surface area contributed by atoms with Gasteiger partial charge in [-0.3, -0.25) is 5.10 Å². The third-order valence-corrected chi connectivity index (χ3v) is 4.15. The van der Waals surface area contributed by atoms with Crippen molar-refractivity contribution < 1.29 is 5.11 Å². The highest BCUT2D eigenvalue weighted by Gasteiger charge is 2.31. The Hall–Kier alpha value is -2.08. The molecule has 0 saturated carbocycles. The normalized spacial score (nSPS) is 22.5. The maximum atomic E-state index is 9.54. The zero-order valence-electron chi connectivity index (χ0n) is 12.2. The molecule has 6 heteroatoms. The fourth-order valence-corrected chi connectivity index (χ4v) is 2.83. The van der Waals surface area contributed by atoms with Crippen LogP contribution >= 0.6 is 0 Å². The fraction of sp³-hybridized carbons (Fsp3) is 0.467. The maximum absolute atomic E-state index is 9.54. The summed E-state index contributed by atoms with van der Waals surface area (Å²) in [5, 5.41) is 16.8. The van der Waals surface area contributed by atoms with Gasteiger partial charge in [0.15, 0.2) is 5.82 Å². The predicted octanol–water partition coefficient (Wildman–Crippen LogP) is 1.74. The topological polar surface area (TPSA) is 91.1 Å². The van der Waals surface area contributed by atoms with E-state index in [-0.39, 0.29) is 11.2 Å². The number of piperidine rings is 1. The molecule has 0 radical (unpaired) electrons. The van der Waals surface area contributed by atoms with Crippen molar-refractivity contribution >= 4 is 5.95 Å². The van der Waals surface area contributed by atoms with Crippen molar-refractivity contribution in [3.8, 4) is 17.1 Å². The van der Waals surface area contributed by atoms with Gasteiger partial charge in [0, 0.05) is 18.7 Å². The van der Waals surface area contributed by atoms with Gasteiger partial charge in [0.2, 0.25) is 5.95 Å². The minimum atomic E-state index is 0.129. The van der Waals surface area contributed by atoms with Gasteiger partial charge in [0.05, 0.1) is 0 Å². The molecular formula is C15H21N5O. The number of nitrogens with one attached hydrogen (secondary N) is 1. The number of nitrogens with zero attached hydrogens (tertiary/aromatic N) is 3. The lowest BCUT2D eigenvalue weighted by Crippen LogP contribution is -2.46. The molecular weight excluding hydrogens is 266 g/mol.